The topological polar surface area (TPSA) is 0 Å². The molecule has 1 saturated heterocycles. The van der Waals surface area contributed by atoms with Crippen LogP contribution in [0.1, 0.15) is 78.4 Å². The molecular weight excluding hydrogens is 643 g/mol. The van der Waals surface area contributed by atoms with E-state index < -0.39 is 20.3 Å². The molecule has 0 saturated carbocycles. The molecule has 1 aliphatic heterocycles. The van der Waals surface area contributed by atoms with Gasteiger partial charge in [-0.25, -0.2) is 0 Å². The molecule has 4 aromatic carbocycles. The first-order chi connectivity index (χ1) is 19.9. The van der Waals surface area contributed by atoms with Gasteiger partial charge in [0.05, 0.1) is 0 Å². The van der Waals surface area contributed by atoms with Crippen LogP contribution in [-0.4, -0.2) is 0 Å². The summed E-state index contributed by atoms with van der Waals surface area (Å²) in [5.74, 6) is 0. The second-order valence-corrected chi connectivity index (χ2v) is 24.2. The Kier molecular flexibility index (Phi) is 9.23. The first kappa shape index (κ1) is 32.2. The van der Waals surface area contributed by atoms with E-state index in [1.54, 1.807) is 33.4 Å². The fourth-order valence-corrected chi connectivity index (χ4v) is 26.7. The van der Waals surface area contributed by atoms with Gasteiger partial charge in [0.15, 0.2) is 0 Å². The van der Waals surface area contributed by atoms with Gasteiger partial charge in [-0.1, -0.05) is 0 Å². The van der Waals surface area contributed by atoms with Gasteiger partial charge in [-0.2, -0.15) is 0 Å². The zero-order chi connectivity index (χ0) is 28.5. The molecule has 1 heterocycles. The predicted octanol–water partition coefficient (Wildman–Crippen LogP) is 5.66. The average molecular weight is 685 g/mol. The molecule has 0 aromatic heterocycles. The molecule has 0 N–H and O–H groups in total. The maximum absolute atomic E-state index is 2.77. The van der Waals surface area contributed by atoms with Gasteiger partial charge in [0, 0.05) is 0 Å². The van der Waals surface area contributed by atoms with Crippen molar-refractivity contribution >= 4 is 12.2 Å². The monoisotopic (exact) mass is 682 g/mol. The first-order valence-corrected chi connectivity index (χ1v) is 22.0. The molecule has 0 amide bonds. The Labute approximate surface area is 275 Å². The Hall–Kier alpha value is -2.18. The Morgan fingerprint density at radius 3 is 1.28 bits per heavy atom. The molecule has 2 unspecified atom stereocenters. The molecule has 0 bridgehead atoms. The predicted molar refractivity (Wildman–Crippen MR) is 174 cm³/mol. The molecule has 1 fully saturated rings. The summed E-state index contributed by atoms with van der Waals surface area (Å²) in [5, 5.41) is 0. The number of benzene rings is 4. The zero-order valence-corrected chi connectivity index (χ0v) is 30.3. The Balaban J connectivity index is 0.00000184. The van der Waals surface area contributed by atoms with Crippen molar-refractivity contribution in [3.05, 3.63) is 128 Å². The number of halogens is 2. The molecular formula is C40H42Cl2Zr. The second-order valence-electron chi connectivity index (χ2n) is 12.9. The first-order valence-electron chi connectivity index (χ1n) is 15.7. The molecule has 0 spiro atoms. The number of fused-ring (bicyclic) bond motifs is 2. The summed E-state index contributed by atoms with van der Waals surface area (Å²) in [6, 6.07) is 27.2. The van der Waals surface area contributed by atoms with Gasteiger partial charge in [-0.3, -0.25) is 0 Å². The van der Waals surface area contributed by atoms with Gasteiger partial charge in [-0.05, 0) is 0 Å². The largest absolute Gasteiger partial charge is 1.00 e. The summed E-state index contributed by atoms with van der Waals surface area (Å²) in [6.07, 6.45) is 7.63. The van der Waals surface area contributed by atoms with Crippen LogP contribution < -0.4 is 24.8 Å². The summed E-state index contributed by atoms with van der Waals surface area (Å²) in [5.41, 5.74) is 21.6. The molecule has 4 aromatic rings. The number of rotatable bonds is 6. The van der Waals surface area contributed by atoms with E-state index in [1.807, 2.05) is 0 Å². The third-order valence-corrected chi connectivity index (χ3v) is 23.8. The van der Waals surface area contributed by atoms with Crippen LogP contribution in [0.3, 0.4) is 0 Å². The van der Waals surface area contributed by atoms with E-state index in [4.69, 9.17) is 0 Å². The van der Waals surface area contributed by atoms with Crippen molar-refractivity contribution < 1.29 is 45.1 Å². The van der Waals surface area contributed by atoms with E-state index in [9.17, 15) is 0 Å². The van der Waals surface area contributed by atoms with Gasteiger partial charge >= 0.3 is 253 Å². The quantitative estimate of drug-likeness (QED) is 0.246. The van der Waals surface area contributed by atoms with Gasteiger partial charge in [0.1, 0.15) is 0 Å². The number of hydrogen-bond acceptors (Lipinski definition) is 0. The minimum absolute atomic E-state index is 0. The van der Waals surface area contributed by atoms with Crippen molar-refractivity contribution in [2.45, 2.75) is 69.9 Å². The van der Waals surface area contributed by atoms with E-state index in [0.29, 0.717) is 7.25 Å². The van der Waals surface area contributed by atoms with Crippen molar-refractivity contribution in [1.82, 2.24) is 0 Å². The third kappa shape index (κ3) is 4.99. The smallest absolute Gasteiger partial charge is 1.00 e. The molecule has 3 aliphatic rings. The van der Waals surface area contributed by atoms with Crippen LogP contribution >= 0.6 is 0 Å². The molecule has 0 nitrogen and oxygen atoms in total. The van der Waals surface area contributed by atoms with Crippen LogP contribution in [0.5, 0.6) is 0 Å². The summed E-state index contributed by atoms with van der Waals surface area (Å²) in [4.78, 5) is 0. The Morgan fingerprint density at radius 2 is 0.953 bits per heavy atom. The van der Waals surface area contributed by atoms with Gasteiger partial charge in [0.2, 0.25) is 0 Å². The van der Waals surface area contributed by atoms with Crippen molar-refractivity contribution in [2.24, 2.45) is 0 Å². The van der Waals surface area contributed by atoms with Gasteiger partial charge in [0.25, 0.3) is 0 Å². The standard InChI is InChI=1S/2C19H19.C2H4.2ClH.Zr/c2*1-4-15-11-17-14(3)13(2)10-18(19(17)12-15)16-8-6-5-7-9-16;1-2;;;/h2*5-12H,4H2,1-3H3;1-2H2;2*1H;/q;;;;;+2/p-2. The number of hydrogen-bond donors (Lipinski definition) is 0. The Morgan fingerprint density at radius 1 is 0.581 bits per heavy atom. The van der Waals surface area contributed by atoms with Crippen LogP contribution in [0.15, 0.2) is 83.9 Å². The summed E-state index contributed by atoms with van der Waals surface area (Å²) in [6.45, 7) is 14.4. The van der Waals surface area contributed by atoms with Gasteiger partial charge in [-0.15, -0.1) is 0 Å². The third-order valence-electron chi connectivity index (χ3n) is 10.8. The van der Waals surface area contributed by atoms with Crippen molar-refractivity contribution in [3.63, 3.8) is 0 Å². The summed E-state index contributed by atoms with van der Waals surface area (Å²) >= 11 is -2.77. The van der Waals surface area contributed by atoms with E-state index >= 15 is 0 Å². The molecule has 3 heteroatoms. The molecule has 7 rings (SSSR count). The fourth-order valence-electron chi connectivity index (χ4n) is 8.41. The number of allylic oxidation sites excluding steroid dienone is 2. The van der Waals surface area contributed by atoms with E-state index in [-0.39, 0.29) is 24.8 Å². The van der Waals surface area contributed by atoms with Gasteiger partial charge < -0.3 is 24.8 Å². The summed E-state index contributed by atoms with van der Waals surface area (Å²) in [7, 11) is 0. The summed E-state index contributed by atoms with van der Waals surface area (Å²) < 4.78 is 4.41. The van der Waals surface area contributed by atoms with Crippen LogP contribution in [0.2, 0.25) is 8.26 Å². The van der Waals surface area contributed by atoms with E-state index in [2.05, 4.69) is 126 Å². The molecule has 2 aliphatic carbocycles. The zero-order valence-electron chi connectivity index (χ0n) is 26.3. The maximum atomic E-state index is 2.65. The normalized spacial score (nSPS) is 18.3. The van der Waals surface area contributed by atoms with E-state index in [0.717, 1.165) is 12.8 Å². The Bertz CT molecular complexity index is 1620. The fraction of sp³-hybridized carbons (Fsp3) is 0.300. The van der Waals surface area contributed by atoms with Crippen molar-refractivity contribution in [2.75, 3.05) is 0 Å². The van der Waals surface area contributed by atoms with Crippen LogP contribution in [0.25, 0.3) is 34.4 Å². The molecule has 0 radical (unpaired) electrons. The van der Waals surface area contributed by atoms with Crippen LogP contribution in [0, 0.1) is 27.7 Å². The van der Waals surface area contributed by atoms with Crippen molar-refractivity contribution in [1.29, 1.82) is 0 Å². The molecule has 220 valence electrons. The SMILES string of the molecule is CCC1=Cc2c(-c3ccccc3)cc(C)c(C)c2[CH]1[Zr+2]1([CH]2C(CC)=Cc3c(-c4ccccc4)cc(C)c(C)c32)[CH2][CH2]1.[Cl-].[Cl-]. The molecule has 43 heavy (non-hydrogen) atoms. The van der Waals surface area contributed by atoms with E-state index in [1.165, 1.54) is 52.8 Å². The average Bonchev–Trinajstić information content (AvgIpc) is 3.53. The van der Waals surface area contributed by atoms with Crippen LogP contribution in [-0.2, 0) is 20.3 Å². The minimum atomic E-state index is -2.77. The molecule has 2 atom stereocenters. The van der Waals surface area contributed by atoms with Crippen LogP contribution in [0.4, 0.5) is 0 Å². The number of aryl methyl sites for hydroxylation is 2. The minimum Gasteiger partial charge on any atom is -1.00 e. The second kappa shape index (κ2) is 12.3. The maximum Gasteiger partial charge on any atom is -1.00 e. The van der Waals surface area contributed by atoms with Crippen molar-refractivity contribution in [3.8, 4) is 22.3 Å².